The average molecular weight is 409 g/mol. The highest BCUT2D eigenvalue weighted by Crippen LogP contribution is 2.28. The van der Waals surface area contributed by atoms with Crippen molar-refractivity contribution in [3.05, 3.63) is 65.4 Å². The smallest absolute Gasteiger partial charge is 0.254 e. The Balaban J connectivity index is 1.47. The van der Waals surface area contributed by atoms with Crippen molar-refractivity contribution in [3.63, 3.8) is 0 Å². The summed E-state index contributed by atoms with van der Waals surface area (Å²) in [5.41, 5.74) is 1.59. The second-order valence-electron chi connectivity index (χ2n) is 8.79. The minimum absolute atomic E-state index is 0.0192. The van der Waals surface area contributed by atoms with Gasteiger partial charge in [-0.3, -0.25) is 9.78 Å². The Morgan fingerprint density at radius 2 is 1.93 bits per heavy atom. The van der Waals surface area contributed by atoms with Crippen molar-refractivity contribution in [3.8, 4) is 0 Å². The van der Waals surface area contributed by atoms with Gasteiger partial charge in [-0.05, 0) is 49.8 Å². The Bertz CT molecular complexity index is 806. The number of pyridine rings is 2. The number of rotatable bonds is 6. The molecule has 6 nitrogen and oxygen atoms in total. The maximum atomic E-state index is 13.3. The molecule has 30 heavy (non-hydrogen) atoms. The first kappa shape index (κ1) is 20.8. The minimum Gasteiger partial charge on any atom is -0.619 e. The Labute approximate surface area is 179 Å². The molecular weight excluding hydrogens is 376 g/mol. The second-order valence-corrected chi connectivity index (χ2v) is 8.79. The summed E-state index contributed by atoms with van der Waals surface area (Å²) < 4.78 is 0.714. The summed E-state index contributed by atoms with van der Waals surface area (Å²) >= 11 is 0. The molecule has 2 aromatic rings. The highest BCUT2D eigenvalue weighted by atomic mass is 16.5. The standard InChI is InChI=1S/C24H32N4O2/c29-24(22-10-14-28(30)15-11-22)27(17-20-6-4-12-25-16-20)19-21-7-5-13-26(18-21)23-8-2-1-3-9-23/h4,6,10-12,14-16,21,23H,1-3,5,7-9,13,17-19H2. The number of hydrogen-bond donors (Lipinski definition) is 0. The van der Waals surface area contributed by atoms with Crippen molar-refractivity contribution in [2.24, 2.45) is 5.92 Å². The van der Waals surface area contributed by atoms with Crippen LogP contribution < -0.4 is 4.73 Å². The highest BCUT2D eigenvalue weighted by Gasteiger charge is 2.29. The molecule has 6 heteroatoms. The molecule has 1 aliphatic carbocycles. The highest BCUT2D eigenvalue weighted by molar-refractivity contribution is 5.93. The molecule has 3 heterocycles. The zero-order chi connectivity index (χ0) is 20.8. The van der Waals surface area contributed by atoms with Gasteiger partial charge in [0.05, 0.1) is 5.56 Å². The number of nitrogens with zero attached hydrogens (tertiary/aromatic N) is 4. The maximum absolute atomic E-state index is 13.3. The third kappa shape index (κ3) is 5.36. The first-order chi connectivity index (χ1) is 14.7. The van der Waals surface area contributed by atoms with E-state index in [0.717, 1.165) is 31.1 Å². The van der Waals surface area contributed by atoms with Gasteiger partial charge in [0.25, 0.3) is 5.91 Å². The Kier molecular flexibility index (Phi) is 6.95. The topological polar surface area (TPSA) is 63.4 Å². The summed E-state index contributed by atoms with van der Waals surface area (Å²) in [5, 5.41) is 11.4. The molecule has 0 spiro atoms. The Morgan fingerprint density at radius 1 is 1.13 bits per heavy atom. The minimum atomic E-state index is -0.0192. The van der Waals surface area contributed by atoms with E-state index < -0.39 is 0 Å². The summed E-state index contributed by atoms with van der Waals surface area (Å²) in [5.74, 6) is 0.462. The zero-order valence-corrected chi connectivity index (χ0v) is 17.7. The lowest BCUT2D eigenvalue weighted by atomic mass is 9.90. The van der Waals surface area contributed by atoms with Gasteiger partial charge in [-0.1, -0.05) is 25.3 Å². The van der Waals surface area contributed by atoms with E-state index in [-0.39, 0.29) is 5.91 Å². The van der Waals surface area contributed by atoms with Crippen LogP contribution in [0.5, 0.6) is 0 Å². The fourth-order valence-electron chi connectivity index (χ4n) is 5.01. The molecule has 160 valence electrons. The van der Waals surface area contributed by atoms with Crippen molar-refractivity contribution in [1.82, 2.24) is 14.8 Å². The monoisotopic (exact) mass is 408 g/mol. The van der Waals surface area contributed by atoms with Crippen LogP contribution in [0.15, 0.2) is 49.1 Å². The van der Waals surface area contributed by atoms with Crippen LogP contribution in [0.2, 0.25) is 0 Å². The number of likely N-dealkylation sites (tertiary alicyclic amines) is 1. The van der Waals surface area contributed by atoms with Crippen LogP contribution in [0.1, 0.15) is 60.9 Å². The molecule has 2 fully saturated rings. The lowest BCUT2D eigenvalue weighted by Gasteiger charge is -2.41. The van der Waals surface area contributed by atoms with E-state index in [0.29, 0.717) is 22.8 Å². The summed E-state index contributed by atoms with van der Waals surface area (Å²) in [6.07, 6.45) is 15.5. The molecule has 1 unspecified atom stereocenters. The molecule has 0 aromatic carbocycles. The number of aromatic nitrogens is 2. The van der Waals surface area contributed by atoms with Gasteiger partial charge in [0.15, 0.2) is 12.4 Å². The van der Waals surface area contributed by atoms with Crippen molar-refractivity contribution >= 4 is 5.91 Å². The van der Waals surface area contributed by atoms with Crippen LogP contribution in [0.3, 0.4) is 0 Å². The van der Waals surface area contributed by atoms with Crippen molar-refractivity contribution in [2.75, 3.05) is 19.6 Å². The van der Waals surface area contributed by atoms with E-state index in [9.17, 15) is 10.0 Å². The van der Waals surface area contributed by atoms with Crippen LogP contribution in [0, 0.1) is 11.1 Å². The van der Waals surface area contributed by atoms with Gasteiger partial charge in [-0.15, -0.1) is 0 Å². The molecule has 2 aliphatic rings. The molecule has 1 atom stereocenters. The molecule has 0 N–H and O–H groups in total. The van der Waals surface area contributed by atoms with E-state index >= 15 is 0 Å². The predicted molar refractivity (Wildman–Crippen MR) is 116 cm³/mol. The van der Waals surface area contributed by atoms with Gasteiger partial charge in [0.2, 0.25) is 0 Å². The van der Waals surface area contributed by atoms with Crippen molar-refractivity contribution < 1.29 is 9.52 Å². The van der Waals surface area contributed by atoms with Crippen LogP contribution in [0.25, 0.3) is 0 Å². The number of carbonyl (C=O) groups excluding carboxylic acids is 1. The summed E-state index contributed by atoms with van der Waals surface area (Å²) in [7, 11) is 0. The van der Waals surface area contributed by atoms with E-state index in [2.05, 4.69) is 9.88 Å². The molecule has 0 bridgehead atoms. The molecule has 1 saturated carbocycles. The van der Waals surface area contributed by atoms with E-state index in [1.54, 1.807) is 18.3 Å². The van der Waals surface area contributed by atoms with Gasteiger partial charge < -0.3 is 15.0 Å². The molecular formula is C24H32N4O2. The Hall–Kier alpha value is -2.47. The van der Waals surface area contributed by atoms with Gasteiger partial charge >= 0.3 is 0 Å². The van der Waals surface area contributed by atoms with Crippen LogP contribution in [-0.2, 0) is 6.54 Å². The SMILES string of the molecule is O=C(c1cc[n+]([O-])cc1)N(Cc1cccnc1)CC1CCCN(C2CCCCC2)C1. The zero-order valence-electron chi connectivity index (χ0n) is 17.7. The normalized spacial score (nSPS) is 20.7. The fourth-order valence-corrected chi connectivity index (χ4v) is 5.01. The van der Waals surface area contributed by atoms with Crippen LogP contribution in [0.4, 0.5) is 0 Å². The second kappa shape index (κ2) is 10.0. The molecule has 0 radical (unpaired) electrons. The molecule has 1 aliphatic heterocycles. The third-order valence-electron chi connectivity index (χ3n) is 6.55. The van der Waals surface area contributed by atoms with Gasteiger partial charge in [0.1, 0.15) is 0 Å². The summed E-state index contributed by atoms with van der Waals surface area (Å²) in [6, 6.07) is 7.87. The third-order valence-corrected chi connectivity index (χ3v) is 6.55. The molecule has 4 rings (SSSR count). The maximum Gasteiger partial charge on any atom is 0.254 e. The number of hydrogen-bond acceptors (Lipinski definition) is 4. The van der Waals surface area contributed by atoms with Gasteiger partial charge in [-0.2, -0.15) is 4.73 Å². The average Bonchev–Trinajstić information content (AvgIpc) is 2.80. The van der Waals surface area contributed by atoms with Gasteiger partial charge in [-0.25, -0.2) is 0 Å². The quantitative estimate of drug-likeness (QED) is 0.543. The number of piperidine rings is 1. The van der Waals surface area contributed by atoms with Crippen LogP contribution >= 0.6 is 0 Å². The van der Waals surface area contributed by atoms with Crippen molar-refractivity contribution in [2.45, 2.75) is 57.5 Å². The lowest BCUT2D eigenvalue weighted by Crippen LogP contribution is -2.47. The Morgan fingerprint density at radius 3 is 2.67 bits per heavy atom. The van der Waals surface area contributed by atoms with Crippen LogP contribution in [-0.4, -0.2) is 46.4 Å². The van der Waals surface area contributed by atoms with E-state index in [4.69, 9.17) is 0 Å². The van der Waals surface area contributed by atoms with Crippen molar-refractivity contribution in [1.29, 1.82) is 0 Å². The van der Waals surface area contributed by atoms with E-state index in [1.807, 2.05) is 23.2 Å². The number of amides is 1. The predicted octanol–water partition coefficient (Wildman–Crippen LogP) is 3.40. The van der Waals surface area contributed by atoms with Gasteiger partial charge in [0, 0.05) is 50.2 Å². The summed E-state index contributed by atoms with van der Waals surface area (Å²) in [6.45, 7) is 3.55. The first-order valence-corrected chi connectivity index (χ1v) is 11.3. The first-order valence-electron chi connectivity index (χ1n) is 11.3. The van der Waals surface area contributed by atoms with E-state index in [1.165, 1.54) is 57.5 Å². The summed E-state index contributed by atoms with van der Waals surface area (Å²) in [4.78, 5) is 22.1. The fraction of sp³-hybridized carbons (Fsp3) is 0.542. The molecule has 2 aromatic heterocycles. The largest absolute Gasteiger partial charge is 0.619 e. The molecule has 1 amide bonds. The number of carbonyl (C=O) groups is 1. The molecule has 1 saturated heterocycles. The lowest BCUT2D eigenvalue weighted by molar-refractivity contribution is -0.605.